The number of ether oxygens (including phenoxy) is 1. The third-order valence-corrected chi connectivity index (χ3v) is 2.28. The molecule has 1 fully saturated rings. The lowest BCUT2D eigenvalue weighted by molar-refractivity contribution is 0.126. The first-order valence-electron chi connectivity index (χ1n) is 5.12. The van der Waals surface area contributed by atoms with E-state index < -0.39 is 0 Å². The zero-order chi connectivity index (χ0) is 9.68. The summed E-state index contributed by atoms with van der Waals surface area (Å²) < 4.78 is 5.48. The van der Waals surface area contributed by atoms with Gasteiger partial charge in [0.2, 0.25) is 0 Å². The first kappa shape index (κ1) is 10.7. The molecule has 0 saturated carbocycles. The fourth-order valence-electron chi connectivity index (χ4n) is 1.54. The van der Waals surface area contributed by atoms with E-state index in [1.807, 2.05) is 0 Å². The molecule has 2 nitrogen and oxygen atoms in total. The van der Waals surface area contributed by atoms with Crippen LogP contribution in [0.1, 0.15) is 20.8 Å². The average Bonchev–Trinajstić information content (AvgIpc) is 2.26. The highest BCUT2D eigenvalue weighted by Gasteiger charge is 2.13. The molecule has 0 radical (unpaired) electrons. The number of allylic oxidation sites excluding steroid dienone is 1. The summed E-state index contributed by atoms with van der Waals surface area (Å²) in [7, 11) is 0. The van der Waals surface area contributed by atoms with Gasteiger partial charge in [-0.2, -0.15) is 0 Å². The minimum Gasteiger partial charge on any atom is -0.380 e. The first-order chi connectivity index (χ1) is 6.18. The van der Waals surface area contributed by atoms with Crippen molar-refractivity contribution in [2.45, 2.75) is 20.8 Å². The molecule has 0 aromatic rings. The fraction of sp³-hybridized carbons (Fsp3) is 0.818. The van der Waals surface area contributed by atoms with Gasteiger partial charge >= 0.3 is 0 Å². The molecule has 1 atom stereocenters. The molecule has 2 heteroatoms. The molecule has 76 valence electrons. The molecule has 1 saturated heterocycles. The average molecular weight is 183 g/mol. The van der Waals surface area contributed by atoms with E-state index in [0.29, 0.717) is 5.92 Å². The summed E-state index contributed by atoms with van der Waals surface area (Å²) in [6.45, 7) is 11.7. The van der Waals surface area contributed by atoms with Gasteiger partial charge in [-0.05, 0) is 19.8 Å². The quantitative estimate of drug-likeness (QED) is 0.606. The van der Waals surface area contributed by atoms with Gasteiger partial charge in [0.15, 0.2) is 0 Å². The summed E-state index contributed by atoms with van der Waals surface area (Å²) in [5.74, 6) is 0.674. The molecular weight excluding hydrogens is 162 g/mol. The molecule has 1 aliphatic heterocycles. The minimum atomic E-state index is 0.674. The van der Waals surface area contributed by atoms with Crippen molar-refractivity contribution in [1.29, 1.82) is 0 Å². The van der Waals surface area contributed by atoms with Crippen molar-refractivity contribution in [3.63, 3.8) is 0 Å². The van der Waals surface area contributed by atoms with Gasteiger partial charge in [-0.15, -0.1) is 0 Å². The van der Waals surface area contributed by atoms with Crippen LogP contribution in [-0.2, 0) is 4.74 Å². The lowest BCUT2D eigenvalue weighted by atomic mass is 10.2. The predicted molar refractivity (Wildman–Crippen MR) is 55.9 cm³/mol. The van der Waals surface area contributed by atoms with Crippen LogP contribution in [0, 0.1) is 5.92 Å². The van der Waals surface area contributed by atoms with Crippen LogP contribution in [0.3, 0.4) is 0 Å². The van der Waals surface area contributed by atoms with E-state index in [1.165, 1.54) is 12.1 Å². The first-order valence-corrected chi connectivity index (χ1v) is 5.12. The van der Waals surface area contributed by atoms with Crippen molar-refractivity contribution in [2.75, 3.05) is 32.8 Å². The summed E-state index contributed by atoms with van der Waals surface area (Å²) in [6.07, 6.45) is 2.29. The predicted octanol–water partition coefficient (Wildman–Crippen LogP) is 1.92. The third-order valence-electron chi connectivity index (χ3n) is 2.28. The van der Waals surface area contributed by atoms with E-state index in [0.717, 1.165) is 26.3 Å². The van der Waals surface area contributed by atoms with Gasteiger partial charge in [-0.1, -0.05) is 18.6 Å². The Labute approximate surface area is 81.6 Å². The van der Waals surface area contributed by atoms with Crippen molar-refractivity contribution < 1.29 is 4.74 Å². The van der Waals surface area contributed by atoms with Crippen molar-refractivity contribution in [3.05, 3.63) is 11.6 Å². The molecule has 1 unspecified atom stereocenters. The van der Waals surface area contributed by atoms with E-state index in [-0.39, 0.29) is 0 Å². The van der Waals surface area contributed by atoms with Crippen molar-refractivity contribution in [3.8, 4) is 0 Å². The Morgan fingerprint density at radius 1 is 1.54 bits per heavy atom. The lowest BCUT2D eigenvalue weighted by Gasteiger charge is -2.19. The Morgan fingerprint density at radius 3 is 3.00 bits per heavy atom. The Morgan fingerprint density at radius 2 is 2.31 bits per heavy atom. The molecule has 13 heavy (non-hydrogen) atoms. The Balaban J connectivity index is 2.35. The normalized spacial score (nSPS) is 25.3. The molecule has 0 spiro atoms. The van der Waals surface area contributed by atoms with E-state index in [2.05, 4.69) is 31.7 Å². The Kier molecular flexibility index (Phi) is 4.46. The second kappa shape index (κ2) is 5.40. The maximum atomic E-state index is 5.48. The van der Waals surface area contributed by atoms with Crippen LogP contribution in [0.15, 0.2) is 11.6 Å². The summed E-state index contributed by atoms with van der Waals surface area (Å²) >= 11 is 0. The molecule has 0 bridgehead atoms. The summed E-state index contributed by atoms with van der Waals surface area (Å²) in [4.78, 5) is 2.46. The van der Waals surface area contributed by atoms with Crippen LogP contribution < -0.4 is 0 Å². The van der Waals surface area contributed by atoms with Crippen LogP contribution in [0.2, 0.25) is 0 Å². The van der Waals surface area contributed by atoms with E-state index in [9.17, 15) is 0 Å². The highest BCUT2D eigenvalue weighted by atomic mass is 16.5. The van der Waals surface area contributed by atoms with Gasteiger partial charge in [0.05, 0.1) is 13.2 Å². The van der Waals surface area contributed by atoms with E-state index in [1.54, 1.807) is 0 Å². The van der Waals surface area contributed by atoms with Crippen LogP contribution in [0.25, 0.3) is 0 Å². The summed E-state index contributed by atoms with van der Waals surface area (Å²) in [6, 6.07) is 0. The van der Waals surface area contributed by atoms with Gasteiger partial charge in [0.25, 0.3) is 0 Å². The molecule has 1 heterocycles. The van der Waals surface area contributed by atoms with Gasteiger partial charge in [-0.25, -0.2) is 0 Å². The SMILES string of the molecule is CC(C)=CCN1CCOCC(C)C1. The molecule has 0 aromatic carbocycles. The van der Waals surface area contributed by atoms with Crippen LogP contribution in [-0.4, -0.2) is 37.7 Å². The standard InChI is InChI=1S/C11H21NO/c1-10(2)4-5-12-6-7-13-9-11(3)8-12/h4,11H,5-9H2,1-3H3. The van der Waals surface area contributed by atoms with Gasteiger partial charge in [-0.3, -0.25) is 4.90 Å². The fourth-order valence-corrected chi connectivity index (χ4v) is 1.54. The van der Waals surface area contributed by atoms with Gasteiger partial charge in [0.1, 0.15) is 0 Å². The smallest absolute Gasteiger partial charge is 0.0593 e. The minimum absolute atomic E-state index is 0.674. The number of hydrogen-bond acceptors (Lipinski definition) is 2. The van der Waals surface area contributed by atoms with Gasteiger partial charge < -0.3 is 4.74 Å². The number of nitrogens with zero attached hydrogens (tertiary/aromatic N) is 1. The Bertz CT molecular complexity index is 173. The lowest BCUT2D eigenvalue weighted by Crippen LogP contribution is -2.29. The number of rotatable bonds is 2. The maximum Gasteiger partial charge on any atom is 0.0593 e. The summed E-state index contributed by atoms with van der Waals surface area (Å²) in [5, 5.41) is 0. The molecule has 0 amide bonds. The van der Waals surface area contributed by atoms with Crippen LogP contribution in [0.4, 0.5) is 0 Å². The van der Waals surface area contributed by atoms with E-state index >= 15 is 0 Å². The van der Waals surface area contributed by atoms with Crippen molar-refractivity contribution in [2.24, 2.45) is 5.92 Å². The number of hydrogen-bond donors (Lipinski definition) is 0. The topological polar surface area (TPSA) is 12.5 Å². The zero-order valence-corrected chi connectivity index (χ0v) is 9.05. The van der Waals surface area contributed by atoms with Gasteiger partial charge in [0, 0.05) is 19.6 Å². The highest BCUT2D eigenvalue weighted by molar-refractivity contribution is 4.95. The second-order valence-electron chi connectivity index (χ2n) is 4.22. The van der Waals surface area contributed by atoms with E-state index in [4.69, 9.17) is 4.74 Å². The molecule has 1 aliphatic rings. The third kappa shape index (κ3) is 4.44. The molecule has 0 aliphatic carbocycles. The largest absolute Gasteiger partial charge is 0.380 e. The second-order valence-corrected chi connectivity index (χ2v) is 4.22. The van der Waals surface area contributed by atoms with Crippen LogP contribution in [0.5, 0.6) is 0 Å². The van der Waals surface area contributed by atoms with Crippen LogP contribution >= 0.6 is 0 Å². The Hall–Kier alpha value is -0.340. The van der Waals surface area contributed by atoms with Crippen molar-refractivity contribution in [1.82, 2.24) is 4.90 Å². The highest BCUT2D eigenvalue weighted by Crippen LogP contribution is 2.06. The maximum absolute atomic E-state index is 5.48. The molecule has 0 aromatic heterocycles. The van der Waals surface area contributed by atoms with Crippen molar-refractivity contribution >= 4 is 0 Å². The summed E-state index contributed by atoms with van der Waals surface area (Å²) in [5.41, 5.74) is 1.40. The molecular formula is C11H21NO. The molecule has 0 N–H and O–H groups in total. The monoisotopic (exact) mass is 183 g/mol. The molecule has 1 rings (SSSR count). The zero-order valence-electron chi connectivity index (χ0n) is 9.05.